The fraction of sp³-hybridized carbons (Fsp3) is 0.406. The van der Waals surface area contributed by atoms with Crippen molar-refractivity contribution in [2.45, 2.75) is 155 Å². The molecule has 0 aromatic heterocycles. The molecule has 0 amide bonds. The summed E-state index contributed by atoms with van der Waals surface area (Å²) in [5.41, 5.74) is 0.401. The highest BCUT2D eigenvalue weighted by Crippen LogP contribution is 2.28. The summed E-state index contributed by atoms with van der Waals surface area (Å²) in [4.78, 5) is 52.0. The van der Waals surface area contributed by atoms with Crippen molar-refractivity contribution in [2.75, 3.05) is 13.2 Å². The van der Waals surface area contributed by atoms with Crippen molar-refractivity contribution < 1.29 is 56.4 Å². The third kappa shape index (κ3) is 19.9. The lowest BCUT2D eigenvalue weighted by Gasteiger charge is -2.10. The van der Waals surface area contributed by atoms with Crippen molar-refractivity contribution in [3.8, 4) is 34.5 Å². The Morgan fingerprint density at radius 3 is 0.947 bits per heavy atom. The number of fused-ring (bicyclic) bond motifs is 1. The van der Waals surface area contributed by atoms with Crippen LogP contribution in [-0.4, -0.2) is 37.1 Å². The van der Waals surface area contributed by atoms with Crippen LogP contribution in [0.3, 0.4) is 0 Å². The van der Waals surface area contributed by atoms with E-state index in [-0.39, 0.29) is 56.8 Å². The first-order valence-electron chi connectivity index (χ1n) is 27.6. The Labute approximate surface area is 447 Å². The van der Waals surface area contributed by atoms with Crippen LogP contribution in [-0.2, 0) is 0 Å². The number of ether oxygens (including phenoxy) is 6. The highest BCUT2D eigenvalue weighted by molar-refractivity contribution is 5.95. The van der Waals surface area contributed by atoms with Crippen LogP contribution in [0.25, 0.3) is 10.8 Å². The lowest BCUT2D eigenvalue weighted by Crippen LogP contribution is -2.11. The Morgan fingerprint density at radius 1 is 0.316 bits per heavy atom. The molecule has 6 aromatic rings. The number of benzene rings is 6. The van der Waals surface area contributed by atoms with Gasteiger partial charge in [0.15, 0.2) is 23.1 Å². The molecule has 0 atom stereocenters. The maximum atomic E-state index is 14.8. The summed E-state index contributed by atoms with van der Waals surface area (Å²) < 4.78 is 63.1. The van der Waals surface area contributed by atoms with Gasteiger partial charge in [0, 0.05) is 0 Å². The first kappa shape index (κ1) is 58.2. The minimum atomic E-state index is -0.767. The summed E-state index contributed by atoms with van der Waals surface area (Å²) in [5, 5.41) is 1.42. The Hall–Kier alpha value is -7.08. The molecule has 0 radical (unpaired) electrons. The lowest BCUT2D eigenvalue weighted by atomic mass is 10.1. The minimum absolute atomic E-state index is 0.0138. The van der Waals surface area contributed by atoms with E-state index in [0.29, 0.717) is 18.6 Å². The fourth-order valence-electron chi connectivity index (χ4n) is 8.70. The number of carbonyl (C=O) groups is 4. The zero-order valence-electron chi connectivity index (χ0n) is 44.4. The van der Waals surface area contributed by atoms with Gasteiger partial charge in [0.25, 0.3) is 0 Å². The van der Waals surface area contributed by atoms with Crippen LogP contribution < -0.4 is 28.4 Å². The topological polar surface area (TPSA) is 124 Å². The van der Waals surface area contributed by atoms with Crippen LogP contribution in [0.5, 0.6) is 34.5 Å². The first-order chi connectivity index (χ1) is 37.1. The van der Waals surface area contributed by atoms with E-state index in [0.717, 1.165) is 56.0 Å². The quantitative estimate of drug-likeness (QED) is 0.0219. The molecule has 0 bridgehead atoms. The normalized spacial score (nSPS) is 11.1. The molecule has 10 nitrogen and oxygen atoms in total. The van der Waals surface area contributed by atoms with Gasteiger partial charge in [-0.15, -0.1) is 0 Å². The second-order valence-corrected chi connectivity index (χ2v) is 19.3. The zero-order chi connectivity index (χ0) is 53.7. The van der Waals surface area contributed by atoms with E-state index >= 15 is 0 Å². The molecule has 0 saturated carbocycles. The third-order valence-electron chi connectivity index (χ3n) is 13.2. The predicted molar refractivity (Wildman–Crippen MR) is 293 cm³/mol. The molecule has 0 heterocycles. The SMILES string of the molecule is CCCCCCCCCCCCCOc1ccc(C(=O)Oc2ccc(C(=O)Oc3ccc4ccc(OC(=O)c5ccc(OC(=O)c6ccc(OCCCCCCCCCCCCC)c(F)c6)cc5)cc4c3)cc2)cc1F. The molecule has 12 heteroatoms. The highest BCUT2D eigenvalue weighted by atomic mass is 19.1. The van der Waals surface area contributed by atoms with Gasteiger partial charge in [0.05, 0.1) is 35.5 Å². The van der Waals surface area contributed by atoms with Gasteiger partial charge in [-0.3, -0.25) is 0 Å². The van der Waals surface area contributed by atoms with Crippen LogP contribution in [0.1, 0.15) is 197 Å². The molecular weight excluding hydrogens is 967 g/mol. The molecule has 0 spiro atoms. The maximum Gasteiger partial charge on any atom is 0.343 e. The lowest BCUT2D eigenvalue weighted by molar-refractivity contribution is 0.0720. The van der Waals surface area contributed by atoms with Crippen LogP contribution in [0.15, 0.2) is 121 Å². The van der Waals surface area contributed by atoms with E-state index in [2.05, 4.69) is 13.8 Å². The average molecular weight is 1040 g/mol. The molecule has 76 heavy (non-hydrogen) atoms. The number of hydrogen-bond acceptors (Lipinski definition) is 10. The van der Waals surface area contributed by atoms with Gasteiger partial charge in [-0.25, -0.2) is 28.0 Å². The molecule has 0 N–H and O–H groups in total. The second kappa shape index (κ2) is 32.4. The third-order valence-corrected chi connectivity index (χ3v) is 13.2. The number of rotatable bonds is 34. The van der Waals surface area contributed by atoms with Crippen molar-refractivity contribution in [2.24, 2.45) is 0 Å². The van der Waals surface area contributed by atoms with Gasteiger partial charge in [-0.2, -0.15) is 0 Å². The smallest absolute Gasteiger partial charge is 0.343 e. The number of unbranched alkanes of at least 4 members (excludes halogenated alkanes) is 20. The van der Waals surface area contributed by atoms with Gasteiger partial charge in [0.2, 0.25) is 0 Å². The molecule has 6 aromatic carbocycles. The standard InChI is InChI=1S/C64H74F2O10/c1-3-5-7-9-11-13-15-17-19-21-23-41-71-59-39-31-50(45-57(59)65)63(69)73-53-33-27-48(28-34-53)61(67)75-55-37-25-47-26-38-56(44-52(47)43-55)76-62(68)49-29-35-54(36-30-49)74-64(70)51-32-40-60(58(66)46-51)72-42-24-22-20-18-16-14-12-10-8-6-4-2/h25-40,43-46H,3-24,41-42H2,1-2H3. The van der Waals surface area contributed by atoms with Crippen molar-refractivity contribution in [3.05, 3.63) is 155 Å². The van der Waals surface area contributed by atoms with Crippen LogP contribution in [0.2, 0.25) is 0 Å². The Morgan fingerprint density at radius 2 is 0.605 bits per heavy atom. The van der Waals surface area contributed by atoms with E-state index < -0.39 is 35.5 Å². The maximum absolute atomic E-state index is 14.8. The van der Waals surface area contributed by atoms with Gasteiger partial charge >= 0.3 is 23.9 Å². The number of esters is 4. The molecular formula is C64H74F2O10. The summed E-state index contributed by atoms with van der Waals surface area (Å²) in [7, 11) is 0. The van der Waals surface area contributed by atoms with Gasteiger partial charge < -0.3 is 28.4 Å². The van der Waals surface area contributed by atoms with Crippen LogP contribution in [0, 0.1) is 11.6 Å². The number of carbonyl (C=O) groups excluding carboxylic acids is 4. The van der Waals surface area contributed by atoms with Crippen molar-refractivity contribution in [3.63, 3.8) is 0 Å². The molecule has 0 unspecified atom stereocenters. The molecule has 0 aliphatic carbocycles. The number of hydrogen-bond donors (Lipinski definition) is 0. The Balaban J connectivity index is 0.896. The van der Waals surface area contributed by atoms with Gasteiger partial charge in [-0.05, 0) is 133 Å². The van der Waals surface area contributed by atoms with E-state index in [1.54, 1.807) is 36.4 Å². The summed E-state index contributed by atoms with van der Waals surface area (Å²) in [6.07, 6.45) is 26.6. The van der Waals surface area contributed by atoms with Crippen LogP contribution in [0.4, 0.5) is 8.78 Å². The first-order valence-corrected chi connectivity index (χ1v) is 27.6. The molecule has 0 saturated heterocycles. The summed E-state index contributed by atoms with van der Waals surface area (Å²) in [6, 6.07) is 29.5. The number of halogens is 2. The summed E-state index contributed by atoms with van der Waals surface area (Å²) in [6.45, 7) is 5.25. The zero-order valence-corrected chi connectivity index (χ0v) is 44.4. The second-order valence-electron chi connectivity index (χ2n) is 19.3. The van der Waals surface area contributed by atoms with Gasteiger partial charge in [0.1, 0.15) is 23.0 Å². The largest absolute Gasteiger partial charge is 0.491 e. The summed E-state index contributed by atoms with van der Waals surface area (Å²) in [5.74, 6) is -3.25. The van der Waals surface area contributed by atoms with E-state index in [9.17, 15) is 28.0 Å². The summed E-state index contributed by atoms with van der Waals surface area (Å²) >= 11 is 0. The predicted octanol–water partition coefficient (Wildman–Crippen LogP) is 17.4. The van der Waals surface area contributed by atoms with E-state index in [1.807, 2.05) is 0 Å². The van der Waals surface area contributed by atoms with Crippen molar-refractivity contribution in [1.29, 1.82) is 0 Å². The van der Waals surface area contributed by atoms with E-state index in [1.165, 1.54) is 176 Å². The van der Waals surface area contributed by atoms with Gasteiger partial charge in [-0.1, -0.05) is 154 Å². The molecule has 0 aliphatic rings. The molecule has 0 aliphatic heterocycles. The van der Waals surface area contributed by atoms with Crippen LogP contribution >= 0.6 is 0 Å². The monoisotopic (exact) mass is 1040 g/mol. The van der Waals surface area contributed by atoms with Crippen molar-refractivity contribution in [1.82, 2.24) is 0 Å². The highest BCUT2D eigenvalue weighted by Gasteiger charge is 2.17. The van der Waals surface area contributed by atoms with Crippen molar-refractivity contribution >= 4 is 34.6 Å². The fourth-order valence-corrected chi connectivity index (χ4v) is 8.70. The van der Waals surface area contributed by atoms with E-state index in [4.69, 9.17) is 28.4 Å². The molecule has 404 valence electrons. The molecule has 0 fully saturated rings. The average Bonchev–Trinajstić information content (AvgIpc) is 3.43. The molecule has 6 rings (SSSR count). The Bertz CT molecular complexity index is 2570. The minimum Gasteiger partial charge on any atom is -0.491 e. The Kier molecular flexibility index (Phi) is 24.8.